The highest BCUT2D eigenvalue weighted by Gasteiger charge is 2.15. The summed E-state index contributed by atoms with van der Waals surface area (Å²) < 4.78 is 2.37. The van der Waals surface area contributed by atoms with Crippen molar-refractivity contribution in [1.29, 1.82) is 0 Å². The van der Waals surface area contributed by atoms with Crippen LogP contribution in [0.5, 0.6) is 0 Å². The molecule has 0 saturated carbocycles. The van der Waals surface area contributed by atoms with Crippen LogP contribution in [0.2, 0.25) is 0 Å². The molecule has 0 radical (unpaired) electrons. The van der Waals surface area contributed by atoms with E-state index in [-0.39, 0.29) is 12.3 Å². The fourth-order valence-electron chi connectivity index (χ4n) is 1.29. The third kappa shape index (κ3) is 1.78. The third-order valence-corrected chi connectivity index (χ3v) is 2.73. The van der Waals surface area contributed by atoms with Crippen LogP contribution in [-0.2, 0) is 0 Å². The summed E-state index contributed by atoms with van der Waals surface area (Å²) in [4.78, 5) is 19.8. The molecule has 0 saturated heterocycles. The summed E-state index contributed by atoms with van der Waals surface area (Å²) in [5.41, 5.74) is 1.13. The normalized spacial score (nSPS) is 10.8. The number of fused-ring (bicyclic) bond motifs is 1. The molecule has 15 heavy (non-hydrogen) atoms. The predicted molar refractivity (Wildman–Crippen MR) is 58.9 cm³/mol. The first kappa shape index (κ1) is 10.3. The zero-order valence-electron chi connectivity index (χ0n) is 8.07. The topological polar surface area (TPSA) is 59.3 Å². The number of hydrogen-bond donors (Lipinski definition) is 1. The van der Waals surface area contributed by atoms with E-state index < -0.39 is 0 Å². The van der Waals surface area contributed by atoms with Crippen molar-refractivity contribution in [2.75, 3.05) is 13.6 Å². The zero-order valence-corrected chi connectivity index (χ0v) is 9.65. The van der Waals surface area contributed by atoms with E-state index in [1.165, 1.54) is 0 Å². The Balaban J connectivity index is 2.53. The van der Waals surface area contributed by atoms with Crippen LogP contribution in [0.3, 0.4) is 0 Å². The quantitative estimate of drug-likeness (QED) is 0.841. The lowest BCUT2D eigenvalue weighted by atomic mass is 10.3. The lowest BCUT2D eigenvalue weighted by Gasteiger charge is -1.95. The molecule has 5 nitrogen and oxygen atoms in total. The van der Waals surface area contributed by atoms with Gasteiger partial charge in [0.15, 0.2) is 5.78 Å². The first-order chi connectivity index (χ1) is 7.24. The molecule has 2 aromatic heterocycles. The minimum Gasteiger partial charge on any atom is -0.313 e. The number of carbonyl (C=O) groups excluding carboxylic acids is 1. The number of likely N-dealkylation sites (N-methyl/N-ethyl adjacent to an activating group) is 1. The highest BCUT2D eigenvalue weighted by Crippen LogP contribution is 2.18. The van der Waals surface area contributed by atoms with Gasteiger partial charge in [0.05, 0.1) is 6.54 Å². The van der Waals surface area contributed by atoms with E-state index in [1.807, 2.05) is 0 Å². The van der Waals surface area contributed by atoms with E-state index in [1.54, 1.807) is 30.0 Å². The Morgan fingerprint density at radius 1 is 1.67 bits per heavy atom. The summed E-state index contributed by atoms with van der Waals surface area (Å²) in [6.07, 6.45) is 3.25. The standard InChI is InChI=1S/C9H9BrN4O/c1-11-4-6(15)8-9(10)14-5-12-3-2-7(14)13-8/h2-3,5,11H,4H2,1H3. The summed E-state index contributed by atoms with van der Waals surface area (Å²) in [5, 5.41) is 2.80. The van der Waals surface area contributed by atoms with Crippen LogP contribution >= 0.6 is 15.9 Å². The van der Waals surface area contributed by atoms with Crippen LogP contribution in [0.4, 0.5) is 0 Å². The monoisotopic (exact) mass is 268 g/mol. The molecule has 0 aliphatic heterocycles. The maximum atomic E-state index is 11.6. The van der Waals surface area contributed by atoms with Gasteiger partial charge in [-0.3, -0.25) is 9.20 Å². The fourth-order valence-corrected chi connectivity index (χ4v) is 1.88. The largest absolute Gasteiger partial charge is 0.313 e. The van der Waals surface area contributed by atoms with Gasteiger partial charge < -0.3 is 5.32 Å². The number of nitrogens with one attached hydrogen (secondary N) is 1. The lowest BCUT2D eigenvalue weighted by molar-refractivity contribution is 0.0988. The van der Waals surface area contributed by atoms with Gasteiger partial charge in [-0.25, -0.2) is 9.97 Å². The minimum absolute atomic E-state index is 0.0481. The summed E-state index contributed by atoms with van der Waals surface area (Å²) in [6.45, 7) is 0.274. The van der Waals surface area contributed by atoms with Crippen LogP contribution in [0, 0.1) is 0 Å². The molecular weight excluding hydrogens is 260 g/mol. The molecule has 2 heterocycles. The number of halogens is 1. The SMILES string of the molecule is CNCC(=O)c1nc2ccncn2c1Br. The number of Topliss-reactive ketones (excluding diaryl/α,β-unsaturated/α-hetero) is 1. The molecule has 0 fully saturated rings. The van der Waals surface area contributed by atoms with Crippen molar-refractivity contribution in [2.24, 2.45) is 0 Å². The van der Waals surface area contributed by atoms with Gasteiger partial charge in [-0.1, -0.05) is 0 Å². The molecule has 2 rings (SSSR count). The van der Waals surface area contributed by atoms with Crippen LogP contribution < -0.4 is 5.32 Å². The van der Waals surface area contributed by atoms with Crippen molar-refractivity contribution >= 4 is 27.4 Å². The first-order valence-electron chi connectivity index (χ1n) is 4.39. The highest BCUT2D eigenvalue weighted by molar-refractivity contribution is 9.10. The molecule has 0 unspecified atom stereocenters. The number of carbonyl (C=O) groups is 1. The molecule has 0 aliphatic rings. The van der Waals surface area contributed by atoms with Crippen molar-refractivity contribution in [3.8, 4) is 0 Å². The van der Waals surface area contributed by atoms with Gasteiger partial charge in [0.25, 0.3) is 0 Å². The molecule has 6 heteroatoms. The Hall–Kier alpha value is -1.27. The number of rotatable bonds is 3. The van der Waals surface area contributed by atoms with Crippen LogP contribution in [-0.4, -0.2) is 33.7 Å². The molecule has 0 amide bonds. The minimum atomic E-state index is -0.0481. The van der Waals surface area contributed by atoms with Crippen molar-refractivity contribution in [3.63, 3.8) is 0 Å². The molecule has 0 spiro atoms. The molecule has 0 atom stereocenters. The highest BCUT2D eigenvalue weighted by atomic mass is 79.9. The van der Waals surface area contributed by atoms with E-state index in [0.29, 0.717) is 15.9 Å². The van der Waals surface area contributed by atoms with Crippen molar-refractivity contribution < 1.29 is 4.79 Å². The zero-order chi connectivity index (χ0) is 10.8. The molecule has 78 valence electrons. The lowest BCUT2D eigenvalue weighted by Crippen LogP contribution is -2.19. The average molecular weight is 269 g/mol. The van der Waals surface area contributed by atoms with Crippen molar-refractivity contribution in [1.82, 2.24) is 19.7 Å². The van der Waals surface area contributed by atoms with Gasteiger partial charge in [-0.2, -0.15) is 0 Å². The summed E-state index contributed by atoms with van der Waals surface area (Å²) in [5.74, 6) is -0.0481. The van der Waals surface area contributed by atoms with E-state index in [2.05, 4.69) is 31.2 Å². The Kier molecular flexibility index (Phi) is 2.79. The Morgan fingerprint density at radius 2 is 2.47 bits per heavy atom. The van der Waals surface area contributed by atoms with Crippen LogP contribution in [0.25, 0.3) is 5.65 Å². The Morgan fingerprint density at radius 3 is 3.13 bits per heavy atom. The predicted octanol–water partition coefficient (Wildman–Crippen LogP) is 0.894. The number of ketones is 1. The van der Waals surface area contributed by atoms with Gasteiger partial charge in [-0.05, 0) is 29.0 Å². The molecular formula is C9H9BrN4O. The molecule has 0 aliphatic carbocycles. The second kappa shape index (κ2) is 4.08. The van der Waals surface area contributed by atoms with Gasteiger partial charge in [0, 0.05) is 6.20 Å². The Labute approximate surface area is 94.7 Å². The Bertz CT molecular complexity index is 508. The second-order valence-electron chi connectivity index (χ2n) is 3.01. The van der Waals surface area contributed by atoms with E-state index in [4.69, 9.17) is 0 Å². The molecule has 0 aromatic carbocycles. The fraction of sp³-hybridized carbons (Fsp3) is 0.222. The van der Waals surface area contributed by atoms with Gasteiger partial charge >= 0.3 is 0 Å². The molecule has 1 N–H and O–H groups in total. The second-order valence-corrected chi connectivity index (χ2v) is 3.76. The molecule has 0 bridgehead atoms. The first-order valence-corrected chi connectivity index (χ1v) is 5.18. The maximum Gasteiger partial charge on any atom is 0.197 e. The van der Waals surface area contributed by atoms with E-state index >= 15 is 0 Å². The summed E-state index contributed by atoms with van der Waals surface area (Å²) >= 11 is 3.33. The van der Waals surface area contributed by atoms with E-state index in [9.17, 15) is 4.79 Å². The number of nitrogens with zero attached hydrogens (tertiary/aromatic N) is 3. The van der Waals surface area contributed by atoms with E-state index in [0.717, 1.165) is 0 Å². The van der Waals surface area contributed by atoms with Gasteiger partial charge in [-0.15, -0.1) is 0 Å². The van der Waals surface area contributed by atoms with Gasteiger partial charge in [0.1, 0.15) is 22.3 Å². The number of imidazole rings is 1. The average Bonchev–Trinajstić information content (AvgIpc) is 2.57. The van der Waals surface area contributed by atoms with Crippen LogP contribution in [0.15, 0.2) is 23.2 Å². The number of aromatic nitrogens is 3. The molecule has 2 aromatic rings. The van der Waals surface area contributed by atoms with Crippen molar-refractivity contribution in [2.45, 2.75) is 0 Å². The summed E-state index contributed by atoms with van der Waals surface area (Å²) in [7, 11) is 1.73. The number of hydrogen-bond acceptors (Lipinski definition) is 4. The third-order valence-electron chi connectivity index (χ3n) is 1.97. The smallest absolute Gasteiger partial charge is 0.197 e. The van der Waals surface area contributed by atoms with Crippen molar-refractivity contribution in [3.05, 3.63) is 28.9 Å². The maximum absolute atomic E-state index is 11.6. The van der Waals surface area contributed by atoms with Crippen LogP contribution in [0.1, 0.15) is 10.5 Å². The van der Waals surface area contributed by atoms with Gasteiger partial charge in [0.2, 0.25) is 0 Å². The summed E-state index contributed by atoms with van der Waals surface area (Å²) in [6, 6.07) is 1.75.